The lowest BCUT2D eigenvalue weighted by molar-refractivity contribution is -0.113. The van der Waals surface area contributed by atoms with Crippen LogP contribution in [0.2, 0.25) is 0 Å². The Bertz CT molecular complexity index is 1050. The van der Waals surface area contributed by atoms with Crippen molar-refractivity contribution in [1.29, 1.82) is 0 Å². The van der Waals surface area contributed by atoms with Crippen molar-refractivity contribution in [1.82, 2.24) is 14.9 Å². The zero-order valence-corrected chi connectivity index (χ0v) is 20.5. The van der Waals surface area contributed by atoms with Gasteiger partial charge in [-0.2, -0.15) is 4.99 Å². The van der Waals surface area contributed by atoms with Gasteiger partial charge in [0.2, 0.25) is 0 Å². The molecule has 1 aromatic carbocycles. The van der Waals surface area contributed by atoms with E-state index in [2.05, 4.69) is 4.99 Å². The summed E-state index contributed by atoms with van der Waals surface area (Å²) in [4.78, 5) is 31.2. The Morgan fingerprint density at radius 1 is 1.18 bits per heavy atom. The first kappa shape index (κ1) is 24.0. The molecule has 3 aliphatic heterocycles. The SMILES string of the molecule is CP(C)(=O)CN1CCCCN1C1=NC(=O)/C(=C/c2ccc(F)cc2OC(=O)N2CCCC2)S1. The fourth-order valence-corrected chi connectivity index (χ4v) is 6.04. The number of rotatable bonds is 4. The smallest absolute Gasteiger partial charge is 0.409 e. The minimum Gasteiger partial charge on any atom is -0.409 e. The van der Waals surface area contributed by atoms with Gasteiger partial charge >= 0.3 is 6.09 Å². The van der Waals surface area contributed by atoms with Crippen LogP contribution in [0.3, 0.4) is 0 Å². The molecular formula is C22H28FN4O4PS. The quantitative estimate of drug-likeness (QED) is 0.456. The number of thioether (sulfide) groups is 1. The third-order valence-corrected chi connectivity index (χ3v) is 7.54. The van der Waals surface area contributed by atoms with E-state index in [1.165, 1.54) is 23.9 Å². The zero-order chi connectivity index (χ0) is 23.6. The molecule has 0 aromatic heterocycles. The van der Waals surface area contributed by atoms with Crippen molar-refractivity contribution in [2.75, 3.05) is 45.8 Å². The lowest BCUT2D eigenvalue weighted by Crippen LogP contribution is -2.49. The normalized spacial score (nSPS) is 21.1. The maximum absolute atomic E-state index is 13.9. The second kappa shape index (κ2) is 9.99. The highest BCUT2D eigenvalue weighted by Crippen LogP contribution is 2.40. The summed E-state index contributed by atoms with van der Waals surface area (Å²) in [5, 5.41) is 4.48. The highest BCUT2D eigenvalue weighted by molar-refractivity contribution is 8.18. The molecule has 3 aliphatic rings. The van der Waals surface area contributed by atoms with Crippen LogP contribution >= 0.6 is 18.9 Å². The number of ether oxygens (including phenoxy) is 1. The van der Waals surface area contributed by atoms with Crippen LogP contribution in [0.5, 0.6) is 5.75 Å². The summed E-state index contributed by atoms with van der Waals surface area (Å²) in [5.74, 6) is -0.868. The van der Waals surface area contributed by atoms with E-state index < -0.39 is 25.0 Å². The average Bonchev–Trinajstić information content (AvgIpc) is 3.40. The summed E-state index contributed by atoms with van der Waals surface area (Å²) >= 11 is 1.22. The third kappa shape index (κ3) is 6.05. The molecule has 0 spiro atoms. The molecule has 8 nitrogen and oxygen atoms in total. The largest absolute Gasteiger partial charge is 0.415 e. The van der Waals surface area contributed by atoms with Crippen molar-refractivity contribution in [3.8, 4) is 5.75 Å². The zero-order valence-electron chi connectivity index (χ0n) is 18.8. The molecule has 0 radical (unpaired) electrons. The Hall–Kier alpha value is -2.16. The van der Waals surface area contributed by atoms with Gasteiger partial charge in [0.25, 0.3) is 5.91 Å². The molecule has 2 saturated heterocycles. The number of hydrogen-bond donors (Lipinski definition) is 0. The van der Waals surface area contributed by atoms with Crippen molar-refractivity contribution in [3.05, 3.63) is 34.5 Å². The van der Waals surface area contributed by atoms with Crippen molar-refractivity contribution < 1.29 is 23.3 Å². The minimum atomic E-state index is -2.30. The van der Waals surface area contributed by atoms with E-state index in [0.29, 0.717) is 41.6 Å². The molecule has 0 N–H and O–H groups in total. The number of halogens is 1. The number of carbonyl (C=O) groups excluding carboxylic acids is 2. The van der Waals surface area contributed by atoms with Gasteiger partial charge in [-0.25, -0.2) is 14.2 Å². The molecule has 4 rings (SSSR count). The van der Waals surface area contributed by atoms with E-state index in [1.807, 2.05) is 10.0 Å². The first-order valence-corrected chi connectivity index (χ1v) is 14.7. The molecular weight excluding hydrogens is 466 g/mol. The summed E-state index contributed by atoms with van der Waals surface area (Å²) in [6.45, 7) is 6.18. The molecule has 1 aromatic rings. The summed E-state index contributed by atoms with van der Waals surface area (Å²) in [7, 11) is -2.30. The van der Waals surface area contributed by atoms with E-state index in [9.17, 15) is 18.5 Å². The molecule has 11 heteroatoms. The number of carbonyl (C=O) groups is 2. The molecule has 0 aliphatic carbocycles. The van der Waals surface area contributed by atoms with Gasteiger partial charge in [0.05, 0.1) is 18.3 Å². The lowest BCUT2D eigenvalue weighted by atomic mass is 10.2. The molecule has 2 fully saturated rings. The van der Waals surface area contributed by atoms with Gasteiger partial charge < -0.3 is 14.2 Å². The lowest BCUT2D eigenvalue weighted by Gasteiger charge is -2.40. The number of likely N-dealkylation sites (tertiary alicyclic amines) is 1. The summed E-state index contributed by atoms with van der Waals surface area (Å²) < 4.78 is 31.8. The topological polar surface area (TPSA) is 82.5 Å². The molecule has 0 bridgehead atoms. The molecule has 0 saturated carbocycles. The number of amides is 2. The Labute approximate surface area is 197 Å². The van der Waals surface area contributed by atoms with Crippen LogP contribution < -0.4 is 4.74 Å². The number of hydrazine groups is 1. The number of amidine groups is 1. The molecule has 0 atom stereocenters. The van der Waals surface area contributed by atoms with Gasteiger partial charge in [-0.3, -0.25) is 9.80 Å². The van der Waals surface area contributed by atoms with E-state index in [0.717, 1.165) is 38.3 Å². The van der Waals surface area contributed by atoms with Crippen molar-refractivity contribution in [2.24, 2.45) is 4.99 Å². The van der Waals surface area contributed by atoms with Crippen molar-refractivity contribution in [3.63, 3.8) is 0 Å². The fraction of sp³-hybridized carbons (Fsp3) is 0.500. The minimum absolute atomic E-state index is 0.0683. The molecule has 33 heavy (non-hydrogen) atoms. The second-order valence-electron chi connectivity index (χ2n) is 8.83. The standard InChI is InChI=1S/C22H28FN4O4PS/c1-32(2,30)15-26-11-5-6-12-27(26)21-24-20(28)19(33-21)13-16-7-8-17(23)14-18(16)31-22(29)25-9-3-4-10-25/h7-8,13-14H,3-6,9-12,15H2,1-2H3/b19-13-. The summed E-state index contributed by atoms with van der Waals surface area (Å²) in [6.07, 6.45) is 5.26. The fourth-order valence-electron chi connectivity index (χ4n) is 4.00. The van der Waals surface area contributed by atoms with Gasteiger partial charge in [-0.1, -0.05) is 0 Å². The van der Waals surface area contributed by atoms with Crippen LogP contribution in [0.4, 0.5) is 9.18 Å². The summed E-state index contributed by atoms with van der Waals surface area (Å²) in [6, 6.07) is 3.90. The van der Waals surface area contributed by atoms with E-state index >= 15 is 0 Å². The Balaban J connectivity index is 1.53. The third-order valence-electron chi connectivity index (χ3n) is 5.54. The van der Waals surface area contributed by atoms with E-state index in [1.54, 1.807) is 24.3 Å². The number of benzene rings is 1. The molecule has 2 amide bonds. The maximum Gasteiger partial charge on any atom is 0.415 e. The molecule has 0 unspecified atom stereocenters. The Morgan fingerprint density at radius 2 is 1.88 bits per heavy atom. The van der Waals surface area contributed by atoms with Crippen LogP contribution in [0, 0.1) is 5.82 Å². The number of nitrogens with zero attached hydrogens (tertiary/aromatic N) is 4. The van der Waals surface area contributed by atoms with E-state index in [4.69, 9.17) is 4.74 Å². The van der Waals surface area contributed by atoms with Crippen molar-refractivity contribution in [2.45, 2.75) is 25.7 Å². The molecule has 178 valence electrons. The summed E-state index contributed by atoms with van der Waals surface area (Å²) in [5.41, 5.74) is 0.429. The van der Waals surface area contributed by atoms with Gasteiger partial charge in [0.1, 0.15) is 11.6 Å². The van der Waals surface area contributed by atoms with Crippen LogP contribution in [-0.2, 0) is 9.36 Å². The van der Waals surface area contributed by atoms with Gasteiger partial charge in [-0.05, 0) is 69.0 Å². The predicted molar refractivity (Wildman–Crippen MR) is 128 cm³/mol. The number of hydrogen-bond acceptors (Lipinski definition) is 7. The van der Waals surface area contributed by atoms with Gasteiger partial charge in [0.15, 0.2) is 5.17 Å². The van der Waals surface area contributed by atoms with Crippen LogP contribution in [0.15, 0.2) is 28.1 Å². The first-order chi connectivity index (χ1) is 15.7. The Kier molecular flexibility index (Phi) is 7.26. The number of aliphatic imine (C=N–C) groups is 1. The van der Waals surface area contributed by atoms with Crippen LogP contribution in [0.1, 0.15) is 31.2 Å². The van der Waals surface area contributed by atoms with Crippen molar-refractivity contribution >= 4 is 42.1 Å². The predicted octanol–water partition coefficient (Wildman–Crippen LogP) is 4.28. The monoisotopic (exact) mass is 494 g/mol. The average molecular weight is 495 g/mol. The second-order valence-corrected chi connectivity index (χ2v) is 13.3. The Morgan fingerprint density at radius 3 is 2.61 bits per heavy atom. The van der Waals surface area contributed by atoms with Crippen LogP contribution in [-0.4, -0.2) is 77.9 Å². The van der Waals surface area contributed by atoms with Crippen LogP contribution in [0.25, 0.3) is 6.08 Å². The highest BCUT2D eigenvalue weighted by Gasteiger charge is 2.32. The van der Waals surface area contributed by atoms with E-state index in [-0.39, 0.29) is 5.75 Å². The maximum atomic E-state index is 13.9. The first-order valence-electron chi connectivity index (χ1n) is 11.0. The van der Waals surface area contributed by atoms with Gasteiger partial charge in [-0.15, -0.1) is 0 Å². The highest BCUT2D eigenvalue weighted by atomic mass is 32.2. The molecule has 3 heterocycles. The van der Waals surface area contributed by atoms with Gasteiger partial charge in [0, 0.05) is 37.8 Å².